The fourth-order valence-electron chi connectivity index (χ4n) is 8.69. The van der Waals surface area contributed by atoms with Crippen LogP contribution in [0.2, 0.25) is 0 Å². The molecule has 0 heteroatoms. The van der Waals surface area contributed by atoms with Crippen molar-refractivity contribution >= 4 is 53.9 Å². The van der Waals surface area contributed by atoms with Gasteiger partial charge in [0.15, 0.2) is 0 Å². The second-order valence-corrected chi connectivity index (χ2v) is 14.9. The zero-order valence-electron chi connectivity index (χ0n) is 30.8. The second kappa shape index (κ2) is 13.2. The average molecular weight is 709 g/mol. The lowest BCUT2D eigenvalue weighted by molar-refractivity contribution is 1.61. The van der Waals surface area contributed by atoms with E-state index in [-0.39, 0.29) is 0 Å². The average Bonchev–Trinajstić information content (AvgIpc) is 3.28. The number of fused-ring (bicyclic) bond motifs is 6. The molecular weight excluding hydrogens is 673 g/mol. The van der Waals surface area contributed by atoms with Gasteiger partial charge in [0.1, 0.15) is 0 Å². The van der Waals surface area contributed by atoms with Gasteiger partial charge in [-0.2, -0.15) is 0 Å². The molecule has 0 saturated carbocycles. The van der Waals surface area contributed by atoms with Gasteiger partial charge in [-0.25, -0.2) is 0 Å². The summed E-state index contributed by atoms with van der Waals surface area (Å²) in [6, 6.07) is 80.6. The summed E-state index contributed by atoms with van der Waals surface area (Å²) < 4.78 is 0. The summed E-state index contributed by atoms with van der Waals surface area (Å²) in [5, 5.41) is 12.5. The second-order valence-electron chi connectivity index (χ2n) is 14.9. The number of benzene rings is 11. The van der Waals surface area contributed by atoms with Gasteiger partial charge in [-0.05, 0) is 158 Å². The van der Waals surface area contributed by atoms with Crippen LogP contribution in [0.5, 0.6) is 0 Å². The van der Waals surface area contributed by atoms with E-state index in [1.54, 1.807) is 0 Å². The zero-order valence-corrected chi connectivity index (χ0v) is 30.8. The predicted octanol–water partition coefficient (Wildman–Crippen LogP) is 15.8. The molecule has 260 valence electrons. The summed E-state index contributed by atoms with van der Waals surface area (Å²) in [6.45, 7) is 0. The van der Waals surface area contributed by atoms with E-state index < -0.39 is 0 Å². The maximum Gasteiger partial charge on any atom is -0.00928 e. The normalized spacial score (nSPS) is 11.6. The van der Waals surface area contributed by atoms with Crippen molar-refractivity contribution in [2.24, 2.45) is 0 Å². The Bertz CT molecular complexity index is 3300. The van der Waals surface area contributed by atoms with Crippen LogP contribution in [-0.2, 0) is 0 Å². The highest BCUT2D eigenvalue weighted by Gasteiger charge is 2.15. The lowest BCUT2D eigenvalue weighted by atomic mass is 9.87. The van der Waals surface area contributed by atoms with E-state index >= 15 is 0 Å². The van der Waals surface area contributed by atoms with Crippen LogP contribution in [0.4, 0.5) is 0 Å². The first-order valence-electron chi connectivity index (χ1n) is 19.4. The van der Waals surface area contributed by atoms with Crippen molar-refractivity contribution in [1.29, 1.82) is 0 Å². The molecule has 0 radical (unpaired) electrons. The Morgan fingerprint density at radius 2 is 0.571 bits per heavy atom. The van der Waals surface area contributed by atoms with Crippen LogP contribution in [-0.4, -0.2) is 0 Å². The highest BCUT2D eigenvalue weighted by molar-refractivity contribution is 6.16. The highest BCUT2D eigenvalue weighted by Crippen LogP contribution is 2.42. The molecule has 11 rings (SSSR count). The van der Waals surface area contributed by atoms with E-state index in [9.17, 15) is 0 Å². The molecular formula is C56H36. The van der Waals surface area contributed by atoms with Crippen LogP contribution in [0.1, 0.15) is 0 Å². The largest absolute Gasteiger partial charge is 0.0622 e. The molecule has 0 atom stereocenters. The van der Waals surface area contributed by atoms with Gasteiger partial charge in [-0.15, -0.1) is 0 Å². The SMILES string of the molecule is c1ccc(-c2cc3ccccc3cc2-c2ccc3c(c2)c(-c2ccc4ccccc4c2)cc2cc(-c4cccc(-c5ccc6ccccc6c5)c4)ccc23)cc1. The van der Waals surface area contributed by atoms with Crippen molar-refractivity contribution < 1.29 is 0 Å². The van der Waals surface area contributed by atoms with Crippen molar-refractivity contribution in [3.05, 3.63) is 218 Å². The van der Waals surface area contributed by atoms with Crippen LogP contribution in [0.3, 0.4) is 0 Å². The van der Waals surface area contributed by atoms with Crippen LogP contribution in [0.25, 0.3) is 109 Å². The fraction of sp³-hybridized carbons (Fsp3) is 0. The van der Waals surface area contributed by atoms with E-state index in [1.165, 1.54) is 109 Å². The number of rotatable bonds is 5. The third-order valence-corrected chi connectivity index (χ3v) is 11.6. The van der Waals surface area contributed by atoms with Crippen LogP contribution in [0, 0.1) is 0 Å². The summed E-state index contributed by atoms with van der Waals surface area (Å²) in [4.78, 5) is 0. The summed E-state index contributed by atoms with van der Waals surface area (Å²) in [6.07, 6.45) is 0. The molecule has 0 heterocycles. The maximum absolute atomic E-state index is 2.43. The first-order chi connectivity index (χ1) is 27.7. The zero-order chi connectivity index (χ0) is 37.0. The molecule has 11 aromatic carbocycles. The molecule has 0 saturated heterocycles. The van der Waals surface area contributed by atoms with Gasteiger partial charge in [0.05, 0.1) is 0 Å². The monoisotopic (exact) mass is 708 g/mol. The molecule has 0 spiro atoms. The fourth-order valence-corrected chi connectivity index (χ4v) is 8.69. The van der Waals surface area contributed by atoms with E-state index in [4.69, 9.17) is 0 Å². The third kappa shape index (κ3) is 5.63. The molecule has 11 aromatic rings. The van der Waals surface area contributed by atoms with Crippen molar-refractivity contribution in [2.45, 2.75) is 0 Å². The molecule has 0 N–H and O–H groups in total. The van der Waals surface area contributed by atoms with E-state index in [0.717, 1.165) is 0 Å². The minimum absolute atomic E-state index is 1.21. The molecule has 0 bridgehead atoms. The van der Waals surface area contributed by atoms with Gasteiger partial charge in [0.25, 0.3) is 0 Å². The van der Waals surface area contributed by atoms with Crippen LogP contribution >= 0.6 is 0 Å². The Morgan fingerprint density at radius 3 is 1.23 bits per heavy atom. The Morgan fingerprint density at radius 1 is 0.161 bits per heavy atom. The lowest BCUT2D eigenvalue weighted by Gasteiger charge is -2.17. The van der Waals surface area contributed by atoms with Gasteiger partial charge in [0.2, 0.25) is 0 Å². The smallest absolute Gasteiger partial charge is 0.00928 e. The standard InChI is InChI=1S/C56H36/c1-2-13-39(14-3-1)53-33-44-17-8-9-18-45(44)34-54(53)49-26-28-52-51-27-25-47(43-20-10-19-42(30-43)46-23-21-37-11-4-6-15-40(37)29-46)32-50(51)36-55(56(52)35-49)48-24-22-38-12-5-7-16-41(38)31-48/h1-36H. The number of hydrogen-bond acceptors (Lipinski definition) is 0. The Hall–Kier alpha value is -7.28. The minimum atomic E-state index is 1.21. The first-order valence-corrected chi connectivity index (χ1v) is 19.4. The molecule has 0 aromatic heterocycles. The highest BCUT2D eigenvalue weighted by atomic mass is 14.2. The first kappa shape index (κ1) is 32.2. The molecule has 56 heavy (non-hydrogen) atoms. The molecule has 0 unspecified atom stereocenters. The Labute approximate surface area is 326 Å². The molecule has 0 amide bonds. The van der Waals surface area contributed by atoms with Crippen molar-refractivity contribution in [2.75, 3.05) is 0 Å². The van der Waals surface area contributed by atoms with Gasteiger partial charge in [-0.3, -0.25) is 0 Å². The summed E-state index contributed by atoms with van der Waals surface area (Å²) in [5.41, 5.74) is 12.3. The van der Waals surface area contributed by atoms with Gasteiger partial charge < -0.3 is 0 Å². The topological polar surface area (TPSA) is 0 Å². The van der Waals surface area contributed by atoms with E-state index in [0.29, 0.717) is 0 Å². The Kier molecular flexibility index (Phi) is 7.60. The summed E-state index contributed by atoms with van der Waals surface area (Å²) >= 11 is 0. The molecule has 0 aliphatic heterocycles. The van der Waals surface area contributed by atoms with Crippen LogP contribution in [0.15, 0.2) is 218 Å². The maximum atomic E-state index is 2.43. The molecule has 0 aliphatic rings. The van der Waals surface area contributed by atoms with Gasteiger partial charge >= 0.3 is 0 Å². The van der Waals surface area contributed by atoms with Crippen molar-refractivity contribution in [1.82, 2.24) is 0 Å². The quantitative estimate of drug-likeness (QED) is 0.156. The third-order valence-electron chi connectivity index (χ3n) is 11.6. The molecule has 0 nitrogen and oxygen atoms in total. The minimum Gasteiger partial charge on any atom is -0.0622 e. The van der Waals surface area contributed by atoms with Gasteiger partial charge in [-0.1, -0.05) is 170 Å². The van der Waals surface area contributed by atoms with Crippen molar-refractivity contribution in [3.8, 4) is 55.6 Å². The van der Waals surface area contributed by atoms with E-state index in [2.05, 4.69) is 218 Å². The Balaban J connectivity index is 1.11. The summed E-state index contributed by atoms with van der Waals surface area (Å²) in [5.74, 6) is 0. The molecule has 0 aliphatic carbocycles. The van der Waals surface area contributed by atoms with Crippen LogP contribution < -0.4 is 0 Å². The van der Waals surface area contributed by atoms with Crippen molar-refractivity contribution in [3.63, 3.8) is 0 Å². The molecule has 0 fully saturated rings. The number of hydrogen-bond donors (Lipinski definition) is 0. The summed E-state index contributed by atoms with van der Waals surface area (Å²) in [7, 11) is 0. The van der Waals surface area contributed by atoms with E-state index in [1.807, 2.05) is 0 Å². The predicted molar refractivity (Wildman–Crippen MR) is 241 cm³/mol. The van der Waals surface area contributed by atoms with Gasteiger partial charge in [0, 0.05) is 0 Å². The lowest BCUT2D eigenvalue weighted by Crippen LogP contribution is -1.90.